The van der Waals surface area contributed by atoms with Crippen molar-refractivity contribution in [1.82, 2.24) is 29.1 Å². The molecule has 2 aliphatic rings. The number of piperidine rings is 1. The fraction of sp³-hybridized carbons (Fsp3) is 0.536. The first kappa shape index (κ1) is 27.6. The van der Waals surface area contributed by atoms with Gasteiger partial charge in [-0.05, 0) is 63.6 Å². The van der Waals surface area contributed by atoms with E-state index in [2.05, 4.69) is 16.1 Å². The summed E-state index contributed by atoms with van der Waals surface area (Å²) >= 11 is 0. The zero-order valence-corrected chi connectivity index (χ0v) is 23.5. The third-order valence-corrected chi connectivity index (χ3v) is 7.85. The van der Waals surface area contributed by atoms with Crippen LogP contribution in [0.25, 0.3) is 22.3 Å². The molecule has 2 amide bonds. The van der Waals surface area contributed by atoms with Crippen molar-refractivity contribution in [3.63, 3.8) is 0 Å². The van der Waals surface area contributed by atoms with E-state index in [1.54, 1.807) is 23.7 Å². The van der Waals surface area contributed by atoms with Crippen LogP contribution in [0.4, 0.5) is 9.59 Å². The summed E-state index contributed by atoms with van der Waals surface area (Å²) in [6, 6.07) is 5.96. The van der Waals surface area contributed by atoms with Gasteiger partial charge in [0.2, 0.25) is 0 Å². The lowest BCUT2D eigenvalue weighted by Gasteiger charge is -2.37. The number of carbonyl (C=O) groups is 2. The van der Waals surface area contributed by atoms with Gasteiger partial charge < -0.3 is 24.7 Å². The molecule has 40 heavy (non-hydrogen) atoms. The number of carboxylic acid groups (broad SMARTS) is 1. The van der Waals surface area contributed by atoms with Crippen molar-refractivity contribution in [2.45, 2.75) is 70.2 Å². The van der Waals surface area contributed by atoms with Crippen molar-refractivity contribution < 1.29 is 24.5 Å². The van der Waals surface area contributed by atoms with Gasteiger partial charge in [0.15, 0.2) is 5.52 Å². The minimum Gasteiger partial charge on any atom is -0.465 e. The van der Waals surface area contributed by atoms with Crippen LogP contribution >= 0.6 is 0 Å². The van der Waals surface area contributed by atoms with Gasteiger partial charge in [0.05, 0.1) is 30.2 Å². The molecular weight excluding hydrogens is 516 g/mol. The second kappa shape index (κ2) is 9.92. The molecule has 1 atom stereocenters. The number of aryl methyl sites for hydroxylation is 2. The first-order valence-corrected chi connectivity index (χ1v) is 13.5. The molecule has 214 valence electrons. The molecule has 12 heteroatoms. The molecule has 0 bridgehead atoms. The Kier molecular flexibility index (Phi) is 6.85. The van der Waals surface area contributed by atoms with Gasteiger partial charge in [0.1, 0.15) is 11.1 Å². The molecule has 1 unspecified atom stereocenters. The SMILES string of the molecule is CN(C(=O)OC(C)(C)C)C1CCc2cc(-c3c4ncn(CC5(O)CCN(C(=O)O)CC5)c(=O)c4nn3C)ccc21. The van der Waals surface area contributed by atoms with Gasteiger partial charge in [-0.2, -0.15) is 5.10 Å². The van der Waals surface area contributed by atoms with Crippen molar-refractivity contribution in [3.8, 4) is 11.3 Å². The lowest BCUT2D eigenvalue weighted by molar-refractivity contribution is -0.0304. The molecule has 1 aliphatic heterocycles. The van der Waals surface area contributed by atoms with Crippen LogP contribution in [0.15, 0.2) is 29.3 Å². The predicted molar refractivity (Wildman–Crippen MR) is 147 cm³/mol. The topological polar surface area (TPSA) is 143 Å². The van der Waals surface area contributed by atoms with Gasteiger partial charge in [-0.1, -0.05) is 12.1 Å². The number of aliphatic hydroxyl groups is 1. The first-order chi connectivity index (χ1) is 18.8. The van der Waals surface area contributed by atoms with Crippen molar-refractivity contribution >= 4 is 23.2 Å². The van der Waals surface area contributed by atoms with Crippen molar-refractivity contribution in [1.29, 1.82) is 0 Å². The lowest BCUT2D eigenvalue weighted by atomic mass is 9.91. The van der Waals surface area contributed by atoms with Crippen LogP contribution in [0.5, 0.6) is 0 Å². The molecule has 2 aromatic heterocycles. The average molecular weight is 553 g/mol. The molecule has 0 spiro atoms. The van der Waals surface area contributed by atoms with E-state index in [1.807, 2.05) is 32.9 Å². The number of fused-ring (bicyclic) bond motifs is 2. The number of amides is 2. The summed E-state index contributed by atoms with van der Waals surface area (Å²) in [4.78, 5) is 44.7. The normalized spacial score (nSPS) is 18.6. The maximum Gasteiger partial charge on any atom is 0.410 e. The summed E-state index contributed by atoms with van der Waals surface area (Å²) in [5.74, 6) is 0. The van der Waals surface area contributed by atoms with E-state index in [0.29, 0.717) is 11.2 Å². The highest BCUT2D eigenvalue weighted by molar-refractivity contribution is 5.89. The van der Waals surface area contributed by atoms with Crippen LogP contribution in [0.3, 0.4) is 0 Å². The highest BCUT2D eigenvalue weighted by Gasteiger charge is 2.35. The minimum atomic E-state index is -1.20. The number of rotatable bonds is 4. The quantitative estimate of drug-likeness (QED) is 0.503. The largest absolute Gasteiger partial charge is 0.465 e. The molecule has 1 saturated heterocycles. The Balaban J connectivity index is 1.40. The molecule has 3 aromatic rings. The van der Waals surface area contributed by atoms with E-state index in [-0.39, 0.29) is 55.7 Å². The monoisotopic (exact) mass is 552 g/mol. The summed E-state index contributed by atoms with van der Waals surface area (Å²) in [5, 5.41) is 24.7. The van der Waals surface area contributed by atoms with Gasteiger partial charge in [0, 0.05) is 32.7 Å². The van der Waals surface area contributed by atoms with Gasteiger partial charge in [0.25, 0.3) is 5.56 Å². The highest BCUT2D eigenvalue weighted by Crippen LogP contribution is 2.38. The van der Waals surface area contributed by atoms with Gasteiger partial charge in [-0.25, -0.2) is 14.6 Å². The van der Waals surface area contributed by atoms with Gasteiger partial charge >= 0.3 is 12.2 Å². The Morgan fingerprint density at radius 2 is 1.90 bits per heavy atom. The molecule has 2 N–H and O–H groups in total. The molecular formula is C28H36N6O6. The Morgan fingerprint density at radius 1 is 1.20 bits per heavy atom. The molecule has 3 heterocycles. The predicted octanol–water partition coefficient (Wildman–Crippen LogP) is 3.16. The Labute approximate surface area is 231 Å². The number of nitrogens with zero attached hydrogens (tertiary/aromatic N) is 6. The Hall–Kier alpha value is -3.93. The van der Waals surface area contributed by atoms with E-state index in [1.165, 1.54) is 15.8 Å². The minimum absolute atomic E-state index is 0.0134. The van der Waals surface area contributed by atoms with E-state index >= 15 is 0 Å². The fourth-order valence-corrected chi connectivity index (χ4v) is 5.73. The van der Waals surface area contributed by atoms with Crippen LogP contribution in [-0.2, 0) is 24.8 Å². The van der Waals surface area contributed by atoms with Gasteiger partial charge in [-0.3, -0.25) is 14.0 Å². The summed E-state index contributed by atoms with van der Waals surface area (Å²) < 4.78 is 8.56. The number of ether oxygens (including phenoxy) is 1. The number of hydrogen-bond acceptors (Lipinski definition) is 7. The van der Waals surface area contributed by atoms with Crippen molar-refractivity contribution in [2.24, 2.45) is 7.05 Å². The van der Waals surface area contributed by atoms with Crippen LogP contribution in [0, 0.1) is 0 Å². The molecule has 1 fully saturated rings. The van der Waals surface area contributed by atoms with Crippen LogP contribution < -0.4 is 5.56 Å². The van der Waals surface area contributed by atoms with E-state index in [4.69, 9.17) is 4.74 Å². The molecule has 1 aromatic carbocycles. The summed E-state index contributed by atoms with van der Waals surface area (Å²) in [7, 11) is 3.53. The van der Waals surface area contributed by atoms with Crippen molar-refractivity contribution in [3.05, 3.63) is 46.0 Å². The first-order valence-electron chi connectivity index (χ1n) is 13.5. The maximum atomic E-state index is 13.4. The molecule has 1 aliphatic carbocycles. The highest BCUT2D eigenvalue weighted by atomic mass is 16.6. The zero-order valence-electron chi connectivity index (χ0n) is 23.5. The van der Waals surface area contributed by atoms with Gasteiger partial charge in [-0.15, -0.1) is 0 Å². The molecule has 12 nitrogen and oxygen atoms in total. The molecule has 0 radical (unpaired) electrons. The summed E-state index contributed by atoms with van der Waals surface area (Å²) in [5.41, 5.74) is 2.31. The second-order valence-corrected chi connectivity index (χ2v) is 11.9. The molecule has 0 saturated carbocycles. The number of likely N-dealkylation sites (tertiary alicyclic amines) is 1. The molecule has 5 rings (SSSR count). The number of carbonyl (C=O) groups excluding carboxylic acids is 1. The summed E-state index contributed by atoms with van der Waals surface area (Å²) in [6.45, 7) is 5.97. The van der Waals surface area contributed by atoms with Crippen LogP contribution in [0.1, 0.15) is 57.2 Å². The standard InChI is InChI=1S/C28H36N6O6/c1-27(2,3)40-26(38)31(4)20-9-7-17-14-18(6-8-19(17)20)23-21-22(30-32(23)5)24(35)34(16-29-21)15-28(39)10-12-33(13-11-28)25(36)37/h6,8,14,16,20,39H,7,9-13,15H2,1-5H3,(H,36,37). The third-order valence-electron chi connectivity index (χ3n) is 7.85. The second-order valence-electron chi connectivity index (χ2n) is 11.9. The average Bonchev–Trinajstić information content (AvgIpc) is 3.45. The fourth-order valence-electron chi connectivity index (χ4n) is 5.73. The number of benzene rings is 1. The lowest BCUT2D eigenvalue weighted by Crippen LogP contribution is -2.49. The zero-order chi connectivity index (χ0) is 29.0. The number of hydrogen-bond donors (Lipinski definition) is 2. The maximum absolute atomic E-state index is 13.4. The third kappa shape index (κ3) is 5.15. The van der Waals surface area contributed by atoms with Crippen LogP contribution in [-0.4, -0.2) is 82.9 Å². The van der Waals surface area contributed by atoms with Crippen LogP contribution in [0.2, 0.25) is 0 Å². The summed E-state index contributed by atoms with van der Waals surface area (Å²) in [6.07, 6.45) is 2.11. The van der Waals surface area contributed by atoms with E-state index in [9.17, 15) is 24.6 Å². The smallest absolute Gasteiger partial charge is 0.410 e. The van der Waals surface area contributed by atoms with Crippen molar-refractivity contribution in [2.75, 3.05) is 20.1 Å². The Morgan fingerprint density at radius 3 is 2.55 bits per heavy atom. The Bertz CT molecular complexity index is 1530. The van der Waals surface area contributed by atoms with E-state index < -0.39 is 17.3 Å². The number of aromatic nitrogens is 4. The van der Waals surface area contributed by atoms with E-state index in [0.717, 1.165) is 29.5 Å².